The van der Waals surface area contributed by atoms with Crippen molar-refractivity contribution in [3.8, 4) is 11.5 Å². The third kappa shape index (κ3) is 3.50. The van der Waals surface area contributed by atoms with Crippen LogP contribution in [0, 0.1) is 5.92 Å². The van der Waals surface area contributed by atoms with Crippen LogP contribution in [0.2, 0.25) is 0 Å². The Morgan fingerprint density at radius 1 is 1.30 bits per heavy atom. The van der Waals surface area contributed by atoms with Gasteiger partial charge in [-0.3, -0.25) is 4.79 Å². The van der Waals surface area contributed by atoms with Gasteiger partial charge in [0.15, 0.2) is 0 Å². The summed E-state index contributed by atoms with van der Waals surface area (Å²) in [6, 6.07) is 6.85. The summed E-state index contributed by atoms with van der Waals surface area (Å²) in [5.74, 6) is -0.817. The number of nitrogens with zero attached hydrogens (tertiary/aromatic N) is 2. The maximum Gasteiger partial charge on any atom is 0.321 e. The number of anilines is 1. The van der Waals surface area contributed by atoms with E-state index in [-0.39, 0.29) is 12.6 Å². The minimum absolute atomic E-state index is 0.246. The SMILES string of the molecule is O=C(O)C1CCCN(C(=O)Nc2ccc(-c3ncco3)cc2)C1. The predicted molar refractivity (Wildman–Crippen MR) is 82.9 cm³/mol. The maximum absolute atomic E-state index is 12.2. The van der Waals surface area contributed by atoms with E-state index in [4.69, 9.17) is 9.52 Å². The molecule has 2 aromatic rings. The first-order chi connectivity index (χ1) is 11.1. The lowest BCUT2D eigenvalue weighted by Gasteiger charge is -2.30. The summed E-state index contributed by atoms with van der Waals surface area (Å²) in [6.07, 6.45) is 4.39. The largest absolute Gasteiger partial charge is 0.481 e. The molecular weight excluding hydrogens is 298 g/mol. The second-order valence-electron chi connectivity index (χ2n) is 5.47. The third-order valence-corrected chi connectivity index (χ3v) is 3.87. The molecule has 1 fully saturated rings. The summed E-state index contributed by atoms with van der Waals surface area (Å²) in [5, 5.41) is 11.9. The van der Waals surface area contributed by atoms with E-state index in [1.165, 1.54) is 6.26 Å². The van der Waals surface area contributed by atoms with E-state index in [0.717, 1.165) is 5.56 Å². The molecule has 120 valence electrons. The van der Waals surface area contributed by atoms with Crippen molar-refractivity contribution < 1.29 is 19.1 Å². The molecule has 0 saturated carbocycles. The number of carbonyl (C=O) groups is 2. The lowest BCUT2D eigenvalue weighted by atomic mass is 9.99. The molecule has 23 heavy (non-hydrogen) atoms. The van der Waals surface area contributed by atoms with Gasteiger partial charge < -0.3 is 19.7 Å². The Morgan fingerprint density at radius 3 is 2.74 bits per heavy atom. The van der Waals surface area contributed by atoms with Crippen LogP contribution < -0.4 is 5.32 Å². The van der Waals surface area contributed by atoms with Crippen LogP contribution in [0.5, 0.6) is 0 Å². The molecule has 1 aliphatic heterocycles. The summed E-state index contributed by atoms with van der Waals surface area (Å²) in [5.41, 5.74) is 1.46. The lowest BCUT2D eigenvalue weighted by Crippen LogP contribution is -2.44. The molecule has 0 bridgehead atoms. The highest BCUT2D eigenvalue weighted by molar-refractivity contribution is 5.90. The number of aromatic nitrogens is 1. The number of carboxylic acid groups (broad SMARTS) is 1. The average molecular weight is 315 g/mol. The number of oxazole rings is 1. The van der Waals surface area contributed by atoms with Crippen molar-refractivity contribution in [3.63, 3.8) is 0 Å². The van der Waals surface area contributed by atoms with Crippen molar-refractivity contribution in [1.82, 2.24) is 9.88 Å². The van der Waals surface area contributed by atoms with E-state index in [1.54, 1.807) is 35.4 Å². The number of benzene rings is 1. The van der Waals surface area contributed by atoms with Gasteiger partial charge in [0.25, 0.3) is 0 Å². The van der Waals surface area contributed by atoms with Gasteiger partial charge in [0.05, 0.1) is 12.1 Å². The number of carboxylic acids is 1. The molecule has 7 heteroatoms. The zero-order valence-electron chi connectivity index (χ0n) is 12.4. The summed E-state index contributed by atoms with van der Waals surface area (Å²) in [4.78, 5) is 28.9. The Morgan fingerprint density at radius 2 is 2.09 bits per heavy atom. The molecule has 1 aliphatic rings. The quantitative estimate of drug-likeness (QED) is 0.908. The average Bonchev–Trinajstić information content (AvgIpc) is 3.10. The van der Waals surface area contributed by atoms with E-state index in [1.807, 2.05) is 0 Å². The number of urea groups is 1. The van der Waals surface area contributed by atoms with E-state index < -0.39 is 11.9 Å². The van der Waals surface area contributed by atoms with Crippen LogP contribution in [-0.2, 0) is 4.79 Å². The molecule has 0 aliphatic carbocycles. The number of hydrogen-bond donors (Lipinski definition) is 2. The van der Waals surface area contributed by atoms with Crippen LogP contribution in [0.3, 0.4) is 0 Å². The molecule has 1 saturated heterocycles. The first kappa shape index (κ1) is 15.1. The highest BCUT2D eigenvalue weighted by atomic mass is 16.4. The second-order valence-corrected chi connectivity index (χ2v) is 5.47. The minimum Gasteiger partial charge on any atom is -0.481 e. The maximum atomic E-state index is 12.2. The van der Waals surface area contributed by atoms with Crippen molar-refractivity contribution in [2.75, 3.05) is 18.4 Å². The summed E-state index contributed by atoms with van der Waals surface area (Å²) < 4.78 is 5.21. The molecule has 2 amide bonds. The molecule has 3 rings (SSSR count). The molecule has 0 radical (unpaired) electrons. The molecule has 1 aromatic carbocycles. The van der Waals surface area contributed by atoms with Crippen LogP contribution in [0.4, 0.5) is 10.5 Å². The highest BCUT2D eigenvalue weighted by Gasteiger charge is 2.28. The first-order valence-corrected chi connectivity index (χ1v) is 7.42. The van der Waals surface area contributed by atoms with Crippen LogP contribution in [0.15, 0.2) is 41.1 Å². The van der Waals surface area contributed by atoms with Gasteiger partial charge in [-0.15, -0.1) is 0 Å². The Hall–Kier alpha value is -2.83. The molecular formula is C16H17N3O4. The van der Waals surface area contributed by atoms with Crippen LogP contribution in [-0.4, -0.2) is 40.1 Å². The molecule has 7 nitrogen and oxygen atoms in total. The normalized spacial score (nSPS) is 17.7. The van der Waals surface area contributed by atoms with E-state index in [9.17, 15) is 9.59 Å². The topological polar surface area (TPSA) is 95.7 Å². The Labute approximate surface area is 132 Å². The fraction of sp³-hybridized carbons (Fsp3) is 0.312. The number of amides is 2. The molecule has 1 atom stereocenters. The van der Waals surface area contributed by atoms with Gasteiger partial charge in [0.1, 0.15) is 6.26 Å². The molecule has 1 unspecified atom stereocenters. The number of hydrogen-bond acceptors (Lipinski definition) is 4. The van der Waals surface area contributed by atoms with Gasteiger partial charge in [-0.25, -0.2) is 9.78 Å². The zero-order chi connectivity index (χ0) is 16.2. The molecule has 2 heterocycles. The van der Waals surface area contributed by atoms with Gasteiger partial charge in [0, 0.05) is 24.3 Å². The van der Waals surface area contributed by atoms with Gasteiger partial charge in [-0.2, -0.15) is 0 Å². The summed E-state index contributed by atoms with van der Waals surface area (Å²) in [7, 11) is 0. The zero-order valence-corrected chi connectivity index (χ0v) is 12.4. The minimum atomic E-state index is -0.849. The van der Waals surface area contributed by atoms with E-state index in [2.05, 4.69) is 10.3 Å². The Kier molecular flexibility index (Phi) is 4.27. The standard InChI is InChI=1S/C16H17N3O4/c20-15(21)12-2-1-8-19(10-12)16(22)18-13-5-3-11(4-6-13)14-17-7-9-23-14/h3-7,9,12H,1-2,8,10H2,(H,18,22)(H,20,21). The van der Waals surface area contributed by atoms with Crippen LogP contribution in [0.25, 0.3) is 11.5 Å². The molecule has 1 aromatic heterocycles. The third-order valence-electron chi connectivity index (χ3n) is 3.87. The van der Waals surface area contributed by atoms with E-state index in [0.29, 0.717) is 31.0 Å². The highest BCUT2D eigenvalue weighted by Crippen LogP contribution is 2.21. The monoisotopic (exact) mass is 315 g/mol. The van der Waals surface area contributed by atoms with Crippen molar-refractivity contribution in [2.24, 2.45) is 5.92 Å². The van der Waals surface area contributed by atoms with Crippen LogP contribution in [0.1, 0.15) is 12.8 Å². The number of carbonyl (C=O) groups excluding carboxylic acids is 1. The molecule has 2 N–H and O–H groups in total. The lowest BCUT2D eigenvalue weighted by molar-refractivity contribution is -0.143. The van der Waals surface area contributed by atoms with Crippen molar-refractivity contribution in [3.05, 3.63) is 36.7 Å². The van der Waals surface area contributed by atoms with Gasteiger partial charge >= 0.3 is 12.0 Å². The number of likely N-dealkylation sites (tertiary alicyclic amines) is 1. The van der Waals surface area contributed by atoms with Crippen molar-refractivity contribution in [1.29, 1.82) is 0 Å². The first-order valence-electron chi connectivity index (χ1n) is 7.42. The summed E-state index contributed by atoms with van der Waals surface area (Å²) in [6.45, 7) is 0.819. The predicted octanol–water partition coefficient (Wildman–Crippen LogP) is 2.67. The van der Waals surface area contributed by atoms with Crippen LogP contribution >= 0.6 is 0 Å². The Balaban J connectivity index is 1.62. The summed E-state index contributed by atoms with van der Waals surface area (Å²) >= 11 is 0. The van der Waals surface area contributed by atoms with Gasteiger partial charge in [0.2, 0.25) is 5.89 Å². The van der Waals surface area contributed by atoms with Crippen molar-refractivity contribution in [2.45, 2.75) is 12.8 Å². The fourth-order valence-electron chi connectivity index (χ4n) is 2.63. The molecule has 0 spiro atoms. The van der Waals surface area contributed by atoms with Gasteiger partial charge in [-0.05, 0) is 37.1 Å². The number of nitrogens with one attached hydrogen (secondary N) is 1. The fourth-order valence-corrected chi connectivity index (χ4v) is 2.63. The number of aliphatic carboxylic acids is 1. The second kappa shape index (κ2) is 6.51. The van der Waals surface area contributed by atoms with E-state index >= 15 is 0 Å². The van der Waals surface area contributed by atoms with Gasteiger partial charge in [-0.1, -0.05) is 0 Å². The Bertz CT molecular complexity index is 682. The smallest absolute Gasteiger partial charge is 0.321 e. The number of rotatable bonds is 3. The number of piperidine rings is 1. The van der Waals surface area contributed by atoms with Crippen molar-refractivity contribution >= 4 is 17.7 Å².